The number of rotatable bonds is 9. The minimum Gasteiger partial charge on any atom is -0.379 e. The molecule has 1 fully saturated rings. The molecule has 3 N–H and O–H groups in total. The lowest BCUT2D eigenvalue weighted by atomic mass is 9.98. The lowest BCUT2D eigenvalue weighted by Gasteiger charge is -2.29. The second kappa shape index (κ2) is 10.3. The standard InChI is InChI=1S/C18H30F3N5O3/c1-4-22-16(25-13(2)11-29-14-5-10-28-12-14)24-7-6-17(27,18(19,20)21)15-23-8-9-26(15)3/h8-9,13-14,27H,4-7,10-12H2,1-3H3,(H2,22,24,25). The Balaban J connectivity index is 1.97. The molecule has 0 spiro atoms. The van der Waals surface area contributed by atoms with Crippen molar-refractivity contribution in [1.82, 2.24) is 20.2 Å². The molecule has 0 bridgehead atoms. The van der Waals surface area contributed by atoms with Gasteiger partial charge in [-0.25, -0.2) is 4.98 Å². The predicted octanol–water partition coefficient (Wildman–Crippen LogP) is 1.31. The number of aliphatic hydroxyl groups is 1. The molecule has 2 rings (SSSR count). The summed E-state index contributed by atoms with van der Waals surface area (Å²) in [5.41, 5.74) is -3.08. The number of guanidine groups is 1. The summed E-state index contributed by atoms with van der Waals surface area (Å²) in [4.78, 5) is 7.87. The van der Waals surface area contributed by atoms with Gasteiger partial charge in [-0.15, -0.1) is 0 Å². The number of aromatic nitrogens is 2. The number of hydrogen-bond acceptors (Lipinski definition) is 5. The third-order valence-electron chi connectivity index (χ3n) is 4.60. The molecule has 0 radical (unpaired) electrons. The molecular weight excluding hydrogens is 391 g/mol. The zero-order valence-electron chi connectivity index (χ0n) is 17.0. The Morgan fingerprint density at radius 3 is 2.83 bits per heavy atom. The van der Waals surface area contributed by atoms with Gasteiger partial charge in [0.25, 0.3) is 0 Å². The number of nitrogens with zero attached hydrogens (tertiary/aromatic N) is 3. The summed E-state index contributed by atoms with van der Waals surface area (Å²) in [5, 5.41) is 16.5. The lowest BCUT2D eigenvalue weighted by Crippen LogP contribution is -2.46. The van der Waals surface area contributed by atoms with Gasteiger partial charge < -0.3 is 29.8 Å². The van der Waals surface area contributed by atoms with E-state index in [-0.39, 0.29) is 18.7 Å². The van der Waals surface area contributed by atoms with E-state index in [1.165, 1.54) is 19.4 Å². The number of halogens is 3. The Morgan fingerprint density at radius 1 is 1.52 bits per heavy atom. The zero-order chi connectivity index (χ0) is 21.5. The largest absolute Gasteiger partial charge is 0.424 e. The second-order valence-electron chi connectivity index (χ2n) is 7.09. The van der Waals surface area contributed by atoms with Crippen molar-refractivity contribution in [2.24, 2.45) is 12.0 Å². The first-order valence-corrected chi connectivity index (χ1v) is 9.68. The van der Waals surface area contributed by atoms with Gasteiger partial charge in [0, 0.05) is 51.6 Å². The highest BCUT2D eigenvalue weighted by Crippen LogP contribution is 2.40. The molecule has 166 valence electrons. The third kappa shape index (κ3) is 6.31. The molecule has 29 heavy (non-hydrogen) atoms. The van der Waals surface area contributed by atoms with Gasteiger partial charge in [0.15, 0.2) is 5.96 Å². The topological polar surface area (TPSA) is 92.9 Å². The highest BCUT2D eigenvalue weighted by molar-refractivity contribution is 5.80. The molecule has 0 saturated carbocycles. The number of aryl methyl sites for hydroxylation is 1. The number of hydrogen-bond donors (Lipinski definition) is 3. The smallest absolute Gasteiger partial charge is 0.379 e. The van der Waals surface area contributed by atoms with Crippen LogP contribution in [0.2, 0.25) is 0 Å². The van der Waals surface area contributed by atoms with E-state index in [9.17, 15) is 18.3 Å². The molecule has 3 unspecified atom stereocenters. The molecule has 0 aliphatic carbocycles. The summed E-state index contributed by atoms with van der Waals surface area (Å²) < 4.78 is 52.9. The minimum absolute atomic E-state index is 0.0679. The molecule has 3 atom stereocenters. The van der Waals surface area contributed by atoms with E-state index in [0.29, 0.717) is 32.3 Å². The molecule has 1 aliphatic rings. The molecule has 2 heterocycles. The average molecular weight is 421 g/mol. The molecule has 0 aromatic carbocycles. The molecular formula is C18H30F3N5O3. The third-order valence-corrected chi connectivity index (χ3v) is 4.60. The fraction of sp³-hybridized carbons (Fsp3) is 0.778. The number of ether oxygens (including phenoxy) is 2. The predicted molar refractivity (Wildman–Crippen MR) is 102 cm³/mol. The molecule has 0 amide bonds. The van der Waals surface area contributed by atoms with Crippen molar-refractivity contribution in [3.63, 3.8) is 0 Å². The van der Waals surface area contributed by atoms with Crippen LogP contribution >= 0.6 is 0 Å². The Kier molecular flexibility index (Phi) is 8.29. The number of alkyl halides is 3. The minimum atomic E-state index is -4.88. The van der Waals surface area contributed by atoms with Gasteiger partial charge in [0.1, 0.15) is 5.82 Å². The van der Waals surface area contributed by atoms with Gasteiger partial charge in [0.2, 0.25) is 5.60 Å². The van der Waals surface area contributed by atoms with Gasteiger partial charge in [-0.3, -0.25) is 4.99 Å². The maximum atomic E-state index is 13.6. The molecule has 1 aromatic rings. The van der Waals surface area contributed by atoms with Crippen LogP contribution in [-0.4, -0.2) is 71.8 Å². The average Bonchev–Trinajstić information content (AvgIpc) is 3.30. The first-order valence-electron chi connectivity index (χ1n) is 9.68. The summed E-state index contributed by atoms with van der Waals surface area (Å²) in [6.45, 7) is 5.72. The molecule has 1 aromatic heterocycles. The fourth-order valence-electron chi connectivity index (χ4n) is 2.99. The van der Waals surface area contributed by atoms with Gasteiger partial charge in [-0.1, -0.05) is 0 Å². The molecule has 8 nitrogen and oxygen atoms in total. The maximum absolute atomic E-state index is 13.6. The van der Waals surface area contributed by atoms with E-state index in [0.717, 1.165) is 11.0 Å². The van der Waals surface area contributed by atoms with E-state index in [2.05, 4.69) is 20.6 Å². The van der Waals surface area contributed by atoms with E-state index in [4.69, 9.17) is 9.47 Å². The van der Waals surface area contributed by atoms with Crippen molar-refractivity contribution < 1.29 is 27.8 Å². The van der Waals surface area contributed by atoms with E-state index in [1.807, 2.05) is 13.8 Å². The lowest BCUT2D eigenvalue weighted by molar-refractivity contribution is -0.272. The first-order chi connectivity index (χ1) is 13.7. The summed E-state index contributed by atoms with van der Waals surface area (Å²) >= 11 is 0. The monoisotopic (exact) mass is 421 g/mol. The van der Waals surface area contributed by atoms with Crippen LogP contribution in [0.1, 0.15) is 32.5 Å². The Bertz CT molecular complexity index is 661. The second-order valence-corrected chi connectivity index (χ2v) is 7.09. The van der Waals surface area contributed by atoms with Gasteiger partial charge >= 0.3 is 6.18 Å². The molecule has 11 heteroatoms. The van der Waals surface area contributed by atoms with Crippen molar-refractivity contribution in [2.75, 3.05) is 32.9 Å². The SMILES string of the molecule is CCNC(=NCCC(O)(c1nccn1C)C(F)(F)F)NC(C)COC1CCOC1. The summed E-state index contributed by atoms with van der Waals surface area (Å²) in [5.74, 6) is -0.102. The van der Waals surface area contributed by atoms with E-state index >= 15 is 0 Å². The van der Waals surface area contributed by atoms with Crippen LogP contribution < -0.4 is 10.6 Å². The van der Waals surface area contributed by atoms with Crippen LogP contribution in [0.5, 0.6) is 0 Å². The molecule has 1 aliphatic heterocycles. The Morgan fingerprint density at radius 2 is 2.28 bits per heavy atom. The first kappa shape index (κ1) is 23.4. The Labute approximate surface area is 168 Å². The highest BCUT2D eigenvalue weighted by atomic mass is 19.4. The van der Waals surface area contributed by atoms with Gasteiger partial charge in [-0.2, -0.15) is 13.2 Å². The van der Waals surface area contributed by atoms with Crippen LogP contribution in [0.4, 0.5) is 13.2 Å². The number of nitrogens with one attached hydrogen (secondary N) is 2. The van der Waals surface area contributed by atoms with Crippen molar-refractivity contribution in [3.8, 4) is 0 Å². The highest BCUT2D eigenvalue weighted by Gasteiger charge is 2.57. The van der Waals surface area contributed by atoms with Crippen molar-refractivity contribution >= 4 is 5.96 Å². The summed E-state index contributed by atoms with van der Waals surface area (Å²) in [6.07, 6.45) is -2.03. The number of aliphatic imine (C=N–C) groups is 1. The van der Waals surface area contributed by atoms with Crippen LogP contribution in [0.25, 0.3) is 0 Å². The van der Waals surface area contributed by atoms with Crippen LogP contribution in [0.15, 0.2) is 17.4 Å². The quantitative estimate of drug-likeness (QED) is 0.411. The number of imidazole rings is 1. The van der Waals surface area contributed by atoms with Gasteiger partial charge in [0.05, 0.1) is 19.3 Å². The van der Waals surface area contributed by atoms with Crippen LogP contribution in [0.3, 0.4) is 0 Å². The van der Waals surface area contributed by atoms with Crippen molar-refractivity contribution in [2.45, 2.75) is 50.6 Å². The summed E-state index contributed by atoms with van der Waals surface area (Å²) in [6, 6.07) is -0.107. The van der Waals surface area contributed by atoms with Crippen LogP contribution in [-0.2, 0) is 22.1 Å². The van der Waals surface area contributed by atoms with Gasteiger partial charge in [-0.05, 0) is 20.3 Å². The maximum Gasteiger partial charge on any atom is 0.424 e. The summed E-state index contributed by atoms with van der Waals surface area (Å²) in [7, 11) is 1.41. The van der Waals surface area contributed by atoms with Crippen molar-refractivity contribution in [3.05, 3.63) is 18.2 Å². The molecule has 1 saturated heterocycles. The van der Waals surface area contributed by atoms with Crippen LogP contribution in [0, 0.1) is 0 Å². The normalized spacial score (nSPS) is 21.1. The fourth-order valence-corrected chi connectivity index (χ4v) is 2.99. The van der Waals surface area contributed by atoms with E-state index in [1.54, 1.807) is 0 Å². The zero-order valence-corrected chi connectivity index (χ0v) is 17.0. The van der Waals surface area contributed by atoms with E-state index < -0.39 is 24.0 Å². The Hall–Kier alpha value is -1.85. The van der Waals surface area contributed by atoms with Crippen molar-refractivity contribution in [1.29, 1.82) is 0 Å².